The van der Waals surface area contributed by atoms with Crippen molar-refractivity contribution in [1.82, 2.24) is 4.90 Å². The number of Topliss-reactive ketones (excluding diaryl/α,β-unsaturated/α-hetero) is 1. The number of methoxy groups -OCH3 is 1. The van der Waals surface area contributed by atoms with E-state index < -0.39 is 17.7 Å². The molecule has 6 heteroatoms. The SMILES string of the molecule is COc1cccc(/C(O)=C2/C(=O)C(=O)N(C3CCCCC3)C2c2ccc(Cl)cc2)c1. The van der Waals surface area contributed by atoms with E-state index >= 15 is 0 Å². The number of ether oxygens (including phenoxy) is 1. The number of aliphatic hydroxyl groups is 1. The summed E-state index contributed by atoms with van der Waals surface area (Å²) in [6, 6.07) is 13.3. The molecule has 30 heavy (non-hydrogen) atoms. The Morgan fingerprint density at radius 3 is 2.43 bits per heavy atom. The zero-order valence-electron chi connectivity index (χ0n) is 16.8. The van der Waals surface area contributed by atoms with Crippen molar-refractivity contribution in [1.29, 1.82) is 0 Å². The molecule has 0 spiro atoms. The molecular weight excluding hydrogens is 402 g/mol. The highest BCUT2D eigenvalue weighted by Gasteiger charge is 2.48. The van der Waals surface area contributed by atoms with E-state index in [-0.39, 0.29) is 17.4 Å². The third kappa shape index (κ3) is 3.70. The Kier molecular flexibility index (Phi) is 5.82. The lowest BCUT2D eigenvalue weighted by atomic mass is 9.91. The molecule has 1 amide bonds. The van der Waals surface area contributed by atoms with Gasteiger partial charge >= 0.3 is 0 Å². The molecule has 0 aromatic heterocycles. The minimum atomic E-state index is -0.652. The number of ketones is 1. The number of carbonyl (C=O) groups is 2. The number of carbonyl (C=O) groups excluding carboxylic acids is 2. The van der Waals surface area contributed by atoms with Gasteiger partial charge in [0.2, 0.25) is 0 Å². The molecule has 1 unspecified atom stereocenters. The molecule has 1 atom stereocenters. The summed E-state index contributed by atoms with van der Waals surface area (Å²) < 4.78 is 5.25. The van der Waals surface area contributed by atoms with Gasteiger partial charge in [0, 0.05) is 16.6 Å². The molecule has 1 N–H and O–H groups in total. The third-order valence-corrected chi connectivity index (χ3v) is 6.23. The number of likely N-dealkylation sites (tertiary alicyclic amines) is 1. The van der Waals surface area contributed by atoms with E-state index in [0.717, 1.165) is 37.7 Å². The fourth-order valence-electron chi connectivity index (χ4n) is 4.48. The maximum atomic E-state index is 13.1. The molecule has 0 radical (unpaired) electrons. The normalized spacial score (nSPS) is 21.8. The summed E-state index contributed by atoms with van der Waals surface area (Å²) in [5.74, 6) is -0.832. The molecule has 5 nitrogen and oxygen atoms in total. The van der Waals surface area contributed by atoms with E-state index in [9.17, 15) is 14.7 Å². The van der Waals surface area contributed by atoms with Gasteiger partial charge in [0.05, 0.1) is 18.7 Å². The standard InChI is InChI=1S/C24H24ClNO4/c1-30-19-9-5-6-16(14-19)22(27)20-21(15-10-12-17(25)13-11-15)26(24(29)23(20)28)18-7-3-2-4-8-18/h5-6,9-14,18,21,27H,2-4,7-8H2,1H3/b22-20-. The van der Waals surface area contributed by atoms with Crippen molar-refractivity contribution in [2.24, 2.45) is 0 Å². The second-order valence-electron chi connectivity index (χ2n) is 7.78. The number of benzene rings is 2. The molecular formula is C24H24ClNO4. The van der Waals surface area contributed by atoms with Crippen LogP contribution in [0.4, 0.5) is 0 Å². The zero-order valence-corrected chi connectivity index (χ0v) is 17.6. The summed E-state index contributed by atoms with van der Waals surface area (Å²) in [6.45, 7) is 0. The first kappa shape index (κ1) is 20.5. The largest absolute Gasteiger partial charge is 0.507 e. The molecule has 0 bridgehead atoms. The molecule has 4 rings (SSSR count). The number of hydrogen-bond donors (Lipinski definition) is 1. The van der Waals surface area contributed by atoms with Crippen LogP contribution in [0, 0.1) is 0 Å². The summed E-state index contributed by atoms with van der Waals surface area (Å²) in [5.41, 5.74) is 1.31. The number of aliphatic hydroxyl groups excluding tert-OH is 1. The lowest BCUT2D eigenvalue weighted by Crippen LogP contribution is -2.40. The van der Waals surface area contributed by atoms with E-state index in [4.69, 9.17) is 16.3 Å². The summed E-state index contributed by atoms with van der Waals surface area (Å²) in [6.07, 6.45) is 4.90. The Balaban J connectivity index is 1.87. The highest BCUT2D eigenvalue weighted by molar-refractivity contribution is 6.46. The number of hydrogen-bond acceptors (Lipinski definition) is 4. The number of halogens is 1. The fraction of sp³-hybridized carbons (Fsp3) is 0.333. The van der Waals surface area contributed by atoms with Gasteiger partial charge in [-0.15, -0.1) is 0 Å². The number of nitrogens with zero attached hydrogens (tertiary/aromatic N) is 1. The minimum absolute atomic E-state index is 0.0218. The summed E-state index contributed by atoms with van der Waals surface area (Å²) in [7, 11) is 1.54. The van der Waals surface area contributed by atoms with Crippen molar-refractivity contribution in [3.63, 3.8) is 0 Å². The smallest absolute Gasteiger partial charge is 0.295 e. The second kappa shape index (κ2) is 8.52. The Labute approximate surface area is 180 Å². The van der Waals surface area contributed by atoms with Crippen LogP contribution in [0.1, 0.15) is 49.3 Å². The number of rotatable bonds is 4. The van der Waals surface area contributed by atoms with Crippen LogP contribution in [0.3, 0.4) is 0 Å². The van der Waals surface area contributed by atoms with Gasteiger partial charge in [-0.1, -0.05) is 55.1 Å². The first-order valence-corrected chi connectivity index (χ1v) is 10.6. The maximum Gasteiger partial charge on any atom is 0.295 e. The van der Waals surface area contributed by atoms with Gasteiger partial charge in [0.25, 0.3) is 11.7 Å². The van der Waals surface area contributed by atoms with Crippen LogP contribution in [0.25, 0.3) is 5.76 Å². The summed E-state index contributed by atoms with van der Waals surface area (Å²) >= 11 is 6.07. The van der Waals surface area contributed by atoms with Gasteiger partial charge in [0.1, 0.15) is 11.5 Å². The van der Waals surface area contributed by atoms with Gasteiger partial charge < -0.3 is 14.7 Å². The molecule has 1 saturated carbocycles. The van der Waals surface area contributed by atoms with E-state index in [1.54, 1.807) is 41.3 Å². The highest BCUT2D eigenvalue weighted by atomic mass is 35.5. The minimum Gasteiger partial charge on any atom is -0.507 e. The Morgan fingerprint density at radius 2 is 1.77 bits per heavy atom. The first-order chi connectivity index (χ1) is 14.5. The molecule has 1 saturated heterocycles. The highest BCUT2D eigenvalue weighted by Crippen LogP contribution is 2.43. The molecule has 1 aliphatic carbocycles. The van der Waals surface area contributed by atoms with E-state index in [1.807, 2.05) is 12.1 Å². The molecule has 2 aromatic rings. The van der Waals surface area contributed by atoms with E-state index in [2.05, 4.69) is 0 Å². The number of amides is 1. The van der Waals surface area contributed by atoms with Crippen molar-refractivity contribution >= 4 is 29.1 Å². The quantitative estimate of drug-likeness (QED) is 0.420. The van der Waals surface area contributed by atoms with Crippen molar-refractivity contribution in [2.75, 3.05) is 7.11 Å². The summed E-state index contributed by atoms with van der Waals surface area (Å²) in [4.78, 5) is 27.9. The van der Waals surface area contributed by atoms with Crippen molar-refractivity contribution in [3.05, 3.63) is 70.3 Å². The second-order valence-corrected chi connectivity index (χ2v) is 8.22. The maximum absolute atomic E-state index is 13.1. The van der Waals surface area contributed by atoms with Crippen LogP contribution in [-0.4, -0.2) is 34.8 Å². The van der Waals surface area contributed by atoms with Gasteiger partial charge in [-0.2, -0.15) is 0 Å². The van der Waals surface area contributed by atoms with E-state index in [0.29, 0.717) is 16.3 Å². The molecule has 1 heterocycles. The topological polar surface area (TPSA) is 66.8 Å². The van der Waals surface area contributed by atoms with Crippen molar-refractivity contribution in [3.8, 4) is 5.75 Å². The van der Waals surface area contributed by atoms with Crippen LogP contribution in [-0.2, 0) is 9.59 Å². The molecule has 2 aliphatic rings. The fourth-order valence-corrected chi connectivity index (χ4v) is 4.61. The third-order valence-electron chi connectivity index (χ3n) is 5.98. The molecule has 2 fully saturated rings. The zero-order chi connectivity index (χ0) is 21.3. The predicted octanol–water partition coefficient (Wildman–Crippen LogP) is 5.10. The van der Waals surface area contributed by atoms with Crippen LogP contribution in [0.15, 0.2) is 54.1 Å². The van der Waals surface area contributed by atoms with Crippen LogP contribution < -0.4 is 4.74 Å². The Hall–Kier alpha value is -2.79. The van der Waals surface area contributed by atoms with Gasteiger partial charge in [0.15, 0.2) is 0 Å². The summed E-state index contributed by atoms with van der Waals surface area (Å²) in [5, 5.41) is 11.7. The lowest BCUT2D eigenvalue weighted by Gasteiger charge is -2.35. The first-order valence-electron chi connectivity index (χ1n) is 10.2. The van der Waals surface area contributed by atoms with Crippen LogP contribution in [0.5, 0.6) is 5.75 Å². The van der Waals surface area contributed by atoms with Gasteiger partial charge in [-0.05, 0) is 42.7 Å². The van der Waals surface area contributed by atoms with Crippen LogP contribution in [0.2, 0.25) is 5.02 Å². The Bertz CT molecular complexity index is 993. The van der Waals surface area contributed by atoms with Crippen LogP contribution >= 0.6 is 11.6 Å². The van der Waals surface area contributed by atoms with Crippen molar-refractivity contribution in [2.45, 2.75) is 44.2 Å². The monoisotopic (exact) mass is 425 g/mol. The lowest BCUT2D eigenvalue weighted by molar-refractivity contribution is -0.141. The van der Waals surface area contributed by atoms with Gasteiger partial charge in [-0.25, -0.2) is 0 Å². The molecule has 1 aliphatic heterocycles. The molecule has 2 aromatic carbocycles. The van der Waals surface area contributed by atoms with Gasteiger partial charge in [-0.3, -0.25) is 9.59 Å². The van der Waals surface area contributed by atoms with E-state index in [1.165, 1.54) is 7.11 Å². The molecule has 156 valence electrons. The predicted molar refractivity (Wildman–Crippen MR) is 115 cm³/mol. The van der Waals surface area contributed by atoms with Crippen molar-refractivity contribution < 1.29 is 19.4 Å². The average molecular weight is 426 g/mol. The Morgan fingerprint density at radius 1 is 1.07 bits per heavy atom. The average Bonchev–Trinajstić information content (AvgIpc) is 3.05.